The second-order valence-corrected chi connectivity index (χ2v) is 8.72. The van der Waals surface area contributed by atoms with Crippen molar-refractivity contribution < 1.29 is 0 Å². The molecule has 0 radical (unpaired) electrons. The molecule has 112 valence electrons. The molecule has 0 spiro atoms. The van der Waals surface area contributed by atoms with Gasteiger partial charge in [-0.1, -0.05) is 44.2 Å². The van der Waals surface area contributed by atoms with Crippen LogP contribution in [0.2, 0.25) is 0 Å². The summed E-state index contributed by atoms with van der Waals surface area (Å²) >= 11 is 4.34. The first-order chi connectivity index (χ1) is 9.70. The smallest absolute Gasteiger partial charge is 0.0294 e. The van der Waals surface area contributed by atoms with E-state index in [2.05, 4.69) is 80.1 Å². The first-order valence-corrected chi connectivity index (χ1v) is 9.68. The summed E-state index contributed by atoms with van der Waals surface area (Å²) in [4.78, 5) is 0. The molecule has 2 rings (SSSR count). The maximum absolute atomic E-state index is 3.56. The molecule has 0 amide bonds. The van der Waals surface area contributed by atoms with Gasteiger partial charge in [0.2, 0.25) is 0 Å². The van der Waals surface area contributed by atoms with Gasteiger partial charge in [0.05, 0.1) is 0 Å². The second kappa shape index (κ2) is 8.35. The van der Waals surface area contributed by atoms with Crippen LogP contribution in [0.25, 0.3) is 0 Å². The minimum absolute atomic E-state index is 0.658. The van der Waals surface area contributed by atoms with Gasteiger partial charge in [-0.05, 0) is 31.9 Å². The van der Waals surface area contributed by atoms with Crippen LogP contribution in [0.15, 0.2) is 30.3 Å². The lowest BCUT2D eigenvalue weighted by molar-refractivity contribution is 0.501. The third kappa shape index (κ3) is 4.71. The van der Waals surface area contributed by atoms with Crippen molar-refractivity contribution in [1.29, 1.82) is 0 Å². The molecule has 1 nitrogen and oxygen atoms in total. The fourth-order valence-electron chi connectivity index (χ4n) is 2.71. The van der Waals surface area contributed by atoms with Crippen LogP contribution in [-0.2, 0) is 6.42 Å². The minimum atomic E-state index is 0.658. The predicted octanol–water partition coefficient (Wildman–Crippen LogP) is 4.22. The molecule has 4 unspecified atom stereocenters. The summed E-state index contributed by atoms with van der Waals surface area (Å²) in [5.41, 5.74) is 1.47. The Balaban J connectivity index is 1.77. The molecule has 20 heavy (non-hydrogen) atoms. The van der Waals surface area contributed by atoms with E-state index in [4.69, 9.17) is 0 Å². The first-order valence-electron chi connectivity index (χ1n) is 7.69. The number of hydrogen-bond donors (Lipinski definition) is 1. The van der Waals surface area contributed by atoms with E-state index in [1.54, 1.807) is 0 Å². The van der Waals surface area contributed by atoms with Gasteiger partial charge >= 0.3 is 0 Å². The maximum atomic E-state index is 3.56. The summed E-state index contributed by atoms with van der Waals surface area (Å²) in [5, 5.41) is 5.91. The van der Waals surface area contributed by atoms with Gasteiger partial charge < -0.3 is 5.32 Å². The summed E-state index contributed by atoms with van der Waals surface area (Å²) in [6.45, 7) is 4.74. The summed E-state index contributed by atoms with van der Waals surface area (Å²) in [7, 11) is 2.13. The first kappa shape index (κ1) is 16.3. The van der Waals surface area contributed by atoms with Crippen molar-refractivity contribution in [2.45, 2.75) is 54.9 Å². The van der Waals surface area contributed by atoms with E-state index < -0.39 is 0 Å². The monoisotopic (exact) mass is 309 g/mol. The Morgan fingerprint density at radius 1 is 1.20 bits per heavy atom. The zero-order chi connectivity index (χ0) is 14.4. The van der Waals surface area contributed by atoms with Crippen LogP contribution in [0.3, 0.4) is 0 Å². The van der Waals surface area contributed by atoms with Crippen molar-refractivity contribution in [2.75, 3.05) is 12.8 Å². The van der Waals surface area contributed by atoms with Gasteiger partial charge in [-0.25, -0.2) is 0 Å². The fraction of sp³-hybridized carbons (Fsp3) is 0.647. The lowest BCUT2D eigenvalue weighted by Crippen LogP contribution is -2.41. The zero-order valence-corrected chi connectivity index (χ0v) is 14.5. The van der Waals surface area contributed by atoms with Crippen LogP contribution in [0, 0.1) is 0 Å². The molecular formula is C17H27NS2. The molecule has 0 bridgehead atoms. The number of hydrogen-bond acceptors (Lipinski definition) is 3. The predicted molar refractivity (Wildman–Crippen MR) is 95.0 cm³/mol. The van der Waals surface area contributed by atoms with Gasteiger partial charge in [0, 0.05) is 27.5 Å². The average Bonchev–Trinajstić information content (AvgIpc) is 2.48. The summed E-state index contributed by atoms with van der Waals surface area (Å²) in [6, 6.07) is 11.5. The lowest BCUT2D eigenvalue weighted by Gasteiger charge is -2.36. The van der Waals surface area contributed by atoms with Gasteiger partial charge in [0.25, 0.3) is 0 Å². The van der Waals surface area contributed by atoms with E-state index in [-0.39, 0.29) is 0 Å². The van der Waals surface area contributed by atoms with Crippen LogP contribution in [0.1, 0.15) is 32.3 Å². The van der Waals surface area contributed by atoms with Gasteiger partial charge in [0.1, 0.15) is 0 Å². The van der Waals surface area contributed by atoms with Crippen LogP contribution in [0.4, 0.5) is 0 Å². The van der Waals surface area contributed by atoms with Crippen molar-refractivity contribution in [3.63, 3.8) is 0 Å². The second-order valence-electron chi connectivity index (χ2n) is 5.69. The highest BCUT2D eigenvalue weighted by molar-refractivity contribution is 8.07. The quantitative estimate of drug-likeness (QED) is 0.845. The van der Waals surface area contributed by atoms with Crippen LogP contribution >= 0.6 is 23.5 Å². The molecule has 0 aliphatic carbocycles. The van der Waals surface area contributed by atoms with E-state index in [1.807, 2.05) is 0 Å². The van der Waals surface area contributed by atoms with E-state index in [0.717, 1.165) is 15.7 Å². The van der Waals surface area contributed by atoms with Crippen LogP contribution < -0.4 is 5.32 Å². The number of aryl methyl sites for hydroxylation is 1. The normalized spacial score (nSPS) is 28.2. The van der Waals surface area contributed by atoms with Gasteiger partial charge in [-0.3, -0.25) is 0 Å². The molecule has 1 aliphatic heterocycles. The Labute approximate surface area is 132 Å². The van der Waals surface area contributed by atoms with Crippen LogP contribution in [-0.4, -0.2) is 34.6 Å². The summed E-state index contributed by atoms with van der Waals surface area (Å²) in [6.07, 6.45) is 3.77. The number of rotatable bonds is 6. The van der Waals surface area contributed by atoms with E-state index in [0.29, 0.717) is 6.04 Å². The van der Waals surface area contributed by atoms with Gasteiger partial charge in [-0.2, -0.15) is 23.5 Å². The van der Waals surface area contributed by atoms with Gasteiger partial charge in [-0.15, -0.1) is 0 Å². The van der Waals surface area contributed by atoms with E-state index in [1.165, 1.54) is 30.6 Å². The average molecular weight is 310 g/mol. The highest BCUT2D eigenvalue weighted by Crippen LogP contribution is 2.37. The van der Waals surface area contributed by atoms with E-state index >= 15 is 0 Å². The summed E-state index contributed by atoms with van der Waals surface area (Å²) < 4.78 is 0. The third-order valence-corrected chi connectivity index (χ3v) is 7.77. The zero-order valence-electron chi connectivity index (χ0n) is 12.8. The van der Waals surface area contributed by atoms with Crippen molar-refractivity contribution in [1.82, 2.24) is 5.32 Å². The molecule has 0 saturated carbocycles. The number of nitrogens with one attached hydrogen (secondary N) is 1. The van der Waals surface area contributed by atoms with Crippen molar-refractivity contribution in [2.24, 2.45) is 0 Å². The Morgan fingerprint density at radius 2 is 1.95 bits per heavy atom. The van der Waals surface area contributed by atoms with Crippen LogP contribution in [0.5, 0.6) is 0 Å². The molecule has 1 N–H and O–H groups in total. The molecule has 1 fully saturated rings. The highest BCUT2D eigenvalue weighted by atomic mass is 32.2. The Hall–Kier alpha value is -0.120. The van der Waals surface area contributed by atoms with Gasteiger partial charge in [0.15, 0.2) is 0 Å². The molecule has 3 heteroatoms. The maximum Gasteiger partial charge on any atom is 0.0294 e. The largest absolute Gasteiger partial charge is 0.316 e. The molecule has 1 heterocycles. The topological polar surface area (TPSA) is 12.0 Å². The molecule has 1 saturated heterocycles. The minimum Gasteiger partial charge on any atom is -0.316 e. The number of thioether (sulfide) groups is 2. The highest BCUT2D eigenvalue weighted by Gasteiger charge is 2.30. The van der Waals surface area contributed by atoms with Crippen molar-refractivity contribution >= 4 is 23.5 Å². The molecule has 1 aliphatic rings. The van der Waals surface area contributed by atoms with Crippen molar-refractivity contribution in [3.05, 3.63) is 35.9 Å². The molecule has 1 aromatic carbocycles. The molecule has 1 aromatic rings. The standard InChI is InChI=1S/C17H27NS2/c1-13-14(2)20-17(12-19-13)16(18-3)11-7-10-15-8-5-4-6-9-15/h4-6,8-9,13-14,16-18H,7,10-12H2,1-3H3. The van der Waals surface area contributed by atoms with Crippen molar-refractivity contribution in [3.8, 4) is 0 Å². The molecule has 0 aromatic heterocycles. The molecular weight excluding hydrogens is 282 g/mol. The van der Waals surface area contributed by atoms with E-state index in [9.17, 15) is 0 Å². The fourth-order valence-corrected chi connectivity index (χ4v) is 5.91. The molecule has 4 atom stereocenters. The Morgan fingerprint density at radius 3 is 2.60 bits per heavy atom. The Kier molecular flexibility index (Phi) is 6.79. The third-order valence-electron chi connectivity index (χ3n) is 4.22. The summed E-state index contributed by atoms with van der Waals surface area (Å²) in [5.74, 6) is 1.30. The lowest BCUT2D eigenvalue weighted by atomic mass is 10.0. The SMILES string of the molecule is CNC(CCCc1ccccc1)C1CSC(C)C(C)S1. The Bertz CT molecular complexity index is 382. The number of benzene rings is 1.